The molecular formula is C15H24N2O2. The summed E-state index contributed by atoms with van der Waals surface area (Å²) in [6, 6.07) is 4.22. The molecule has 1 N–H and O–H groups in total. The first-order valence-electron chi connectivity index (χ1n) is 7.12. The van der Waals surface area contributed by atoms with Crippen LogP contribution < -0.4 is 10.1 Å². The molecule has 1 atom stereocenters. The third-order valence-electron chi connectivity index (χ3n) is 4.11. The van der Waals surface area contributed by atoms with Gasteiger partial charge >= 0.3 is 0 Å². The second-order valence-corrected chi connectivity index (χ2v) is 5.13. The summed E-state index contributed by atoms with van der Waals surface area (Å²) in [5.74, 6) is 1.63. The van der Waals surface area contributed by atoms with Gasteiger partial charge in [-0.2, -0.15) is 0 Å². The fourth-order valence-electron chi connectivity index (χ4n) is 2.75. The van der Waals surface area contributed by atoms with E-state index in [9.17, 15) is 0 Å². The molecule has 0 aliphatic carbocycles. The summed E-state index contributed by atoms with van der Waals surface area (Å²) in [5, 5.41) is 3.51. The first-order chi connectivity index (χ1) is 9.23. The van der Waals surface area contributed by atoms with E-state index in [0.29, 0.717) is 6.04 Å². The van der Waals surface area contributed by atoms with E-state index in [1.807, 2.05) is 12.1 Å². The van der Waals surface area contributed by atoms with Crippen LogP contribution in [0.15, 0.2) is 18.3 Å². The quantitative estimate of drug-likeness (QED) is 0.886. The van der Waals surface area contributed by atoms with E-state index in [1.54, 1.807) is 13.3 Å². The topological polar surface area (TPSA) is 43.4 Å². The molecule has 0 amide bonds. The van der Waals surface area contributed by atoms with Crippen molar-refractivity contribution in [3.63, 3.8) is 0 Å². The Morgan fingerprint density at radius 2 is 2.26 bits per heavy atom. The van der Waals surface area contributed by atoms with Crippen molar-refractivity contribution >= 4 is 5.82 Å². The molecule has 1 aliphatic rings. The molecule has 4 nitrogen and oxygen atoms in total. The van der Waals surface area contributed by atoms with Crippen molar-refractivity contribution in [2.45, 2.75) is 51.2 Å². The lowest BCUT2D eigenvalue weighted by atomic mass is 9.86. The van der Waals surface area contributed by atoms with Crippen LogP contribution in [0.2, 0.25) is 0 Å². The van der Waals surface area contributed by atoms with Crippen LogP contribution in [0.5, 0.6) is 5.75 Å². The van der Waals surface area contributed by atoms with Crippen LogP contribution in [-0.2, 0) is 4.74 Å². The minimum atomic E-state index is 0.0257. The van der Waals surface area contributed by atoms with Crippen LogP contribution in [-0.4, -0.2) is 30.3 Å². The molecule has 106 valence electrons. The number of pyridine rings is 1. The number of nitrogens with zero attached hydrogens (tertiary/aromatic N) is 1. The highest BCUT2D eigenvalue weighted by Gasteiger charge is 2.34. The Kier molecular flexibility index (Phi) is 4.64. The van der Waals surface area contributed by atoms with Gasteiger partial charge in [-0.3, -0.25) is 0 Å². The zero-order valence-electron chi connectivity index (χ0n) is 12.1. The van der Waals surface area contributed by atoms with Gasteiger partial charge in [0.1, 0.15) is 0 Å². The highest BCUT2D eigenvalue weighted by atomic mass is 16.5. The van der Waals surface area contributed by atoms with E-state index in [-0.39, 0.29) is 5.60 Å². The van der Waals surface area contributed by atoms with E-state index in [0.717, 1.165) is 43.9 Å². The van der Waals surface area contributed by atoms with E-state index in [1.165, 1.54) is 0 Å². The smallest absolute Gasteiger partial charge is 0.168 e. The summed E-state index contributed by atoms with van der Waals surface area (Å²) in [7, 11) is 1.68. The fourth-order valence-corrected chi connectivity index (χ4v) is 2.75. The number of nitrogens with one attached hydrogen (secondary N) is 1. The Bertz CT molecular complexity index is 405. The van der Waals surface area contributed by atoms with Crippen molar-refractivity contribution in [2.75, 3.05) is 19.0 Å². The van der Waals surface area contributed by atoms with Gasteiger partial charge in [-0.1, -0.05) is 13.8 Å². The molecule has 0 spiro atoms. The summed E-state index contributed by atoms with van der Waals surface area (Å²) < 4.78 is 11.3. The van der Waals surface area contributed by atoms with Gasteiger partial charge in [0.05, 0.1) is 12.7 Å². The van der Waals surface area contributed by atoms with Crippen molar-refractivity contribution in [3.05, 3.63) is 18.3 Å². The maximum atomic E-state index is 6.00. The van der Waals surface area contributed by atoms with Gasteiger partial charge in [-0.15, -0.1) is 0 Å². The predicted molar refractivity (Wildman–Crippen MR) is 76.7 cm³/mol. The van der Waals surface area contributed by atoms with Gasteiger partial charge in [-0.05, 0) is 37.8 Å². The molecule has 19 heavy (non-hydrogen) atoms. The van der Waals surface area contributed by atoms with Crippen LogP contribution in [0, 0.1) is 0 Å². The van der Waals surface area contributed by atoms with Gasteiger partial charge in [0.25, 0.3) is 0 Å². The Hall–Kier alpha value is -1.29. The summed E-state index contributed by atoms with van der Waals surface area (Å²) in [6.07, 6.45) is 5.94. The summed E-state index contributed by atoms with van der Waals surface area (Å²) in [4.78, 5) is 4.37. The highest BCUT2D eigenvalue weighted by Crippen LogP contribution is 2.33. The molecule has 4 heteroatoms. The molecule has 1 unspecified atom stereocenters. The zero-order valence-corrected chi connectivity index (χ0v) is 12.1. The lowest BCUT2D eigenvalue weighted by molar-refractivity contribution is -0.0864. The third kappa shape index (κ3) is 3.18. The van der Waals surface area contributed by atoms with Crippen molar-refractivity contribution in [1.82, 2.24) is 4.98 Å². The lowest BCUT2D eigenvalue weighted by Crippen LogP contribution is -2.43. The molecule has 2 heterocycles. The molecule has 1 aromatic heterocycles. The van der Waals surface area contributed by atoms with Crippen molar-refractivity contribution in [3.8, 4) is 5.75 Å². The van der Waals surface area contributed by atoms with E-state index in [2.05, 4.69) is 24.1 Å². The molecule has 1 aromatic rings. The van der Waals surface area contributed by atoms with Crippen molar-refractivity contribution < 1.29 is 9.47 Å². The summed E-state index contributed by atoms with van der Waals surface area (Å²) >= 11 is 0. The maximum absolute atomic E-state index is 6.00. The average Bonchev–Trinajstić information content (AvgIpc) is 2.48. The first kappa shape index (κ1) is 14.1. The maximum Gasteiger partial charge on any atom is 0.168 e. The zero-order chi connectivity index (χ0) is 13.7. The molecule has 0 saturated carbocycles. The van der Waals surface area contributed by atoms with Gasteiger partial charge < -0.3 is 14.8 Å². The van der Waals surface area contributed by atoms with Gasteiger partial charge in [0.2, 0.25) is 0 Å². The minimum absolute atomic E-state index is 0.0257. The standard InChI is InChI=1S/C15H24N2O2/c1-4-15(5-2)11-12(8-10-19-15)17-14-13(18-3)7-6-9-16-14/h6-7,9,12H,4-5,8,10-11H2,1-3H3,(H,16,17). The highest BCUT2D eigenvalue weighted by molar-refractivity contribution is 5.50. The number of aromatic nitrogens is 1. The fraction of sp³-hybridized carbons (Fsp3) is 0.667. The molecule has 1 aliphatic heterocycles. The summed E-state index contributed by atoms with van der Waals surface area (Å²) in [5.41, 5.74) is 0.0257. The van der Waals surface area contributed by atoms with Crippen LogP contribution in [0.1, 0.15) is 39.5 Å². The number of hydrogen-bond acceptors (Lipinski definition) is 4. The number of rotatable bonds is 5. The molecular weight excluding hydrogens is 240 g/mol. The molecule has 1 saturated heterocycles. The molecule has 0 bridgehead atoms. The number of ether oxygens (including phenoxy) is 2. The van der Waals surface area contributed by atoms with Crippen molar-refractivity contribution in [1.29, 1.82) is 0 Å². The normalized spacial score (nSPS) is 21.9. The van der Waals surface area contributed by atoms with E-state index >= 15 is 0 Å². The van der Waals surface area contributed by atoms with Crippen LogP contribution in [0.4, 0.5) is 5.82 Å². The SMILES string of the molecule is CCC1(CC)CC(Nc2ncccc2OC)CCO1. The number of methoxy groups -OCH3 is 1. The lowest BCUT2D eigenvalue weighted by Gasteiger charge is -2.40. The molecule has 0 radical (unpaired) electrons. The van der Waals surface area contributed by atoms with Gasteiger partial charge in [-0.25, -0.2) is 4.98 Å². The third-order valence-corrected chi connectivity index (χ3v) is 4.11. The van der Waals surface area contributed by atoms with Crippen molar-refractivity contribution in [2.24, 2.45) is 0 Å². The van der Waals surface area contributed by atoms with Gasteiger partial charge in [0.15, 0.2) is 11.6 Å². The Balaban J connectivity index is 2.06. The Labute approximate surface area is 115 Å². The molecule has 1 fully saturated rings. The largest absolute Gasteiger partial charge is 0.493 e. The molecule has 2 rings (SSSR count). The summed E-state index contributed by atoms with van der Waals surface area (Å²) in [6.45, 7) is 5.22. The average molecular weight is 264 g/mol. The predicted octanol–water partition coefficient (Wildman–Crippen LogP) is 3.24. The first-order valence-corrected chi connectivity index (χ1v) is 7.12. The number of anilines is 1. The number of hydrogen-bond donors (Lipinski definition) is 1. The van der Waals surface area contributed by atoms with Crippen LogP contribution in [0.25, 0.3) is 0 Å². The van der Waals surface area contributed by atoms with Crippen LogP contribution >= 0.6 is 0 Å². The second-order valence-electron chi connectivity index (χ2n) is 5.13. The monoisotopic (exact) mass is 264 g/mol. The van der Waals surface area contributed by atoms with Gasteiger partial charge in [0, 0.05) is 18.8 Å². The Morgan fingerprint density at radius 1 is 1.47 bits per heavy atom. The second kappa shape index (κ2) is 6.24. The molecule has 0 aromatic carbocycles. The van der Waals surface area contributed by atoms with E-state index in [4.69, 9.17) is 9.47 Å². The Morgan fingerprint density at radius 3 is 2.95 bits per heavy atom. The van der Waals surface area contributed by atoms with E-state index < -0.39 is 0 Å². The van der Waals surface area contributed by atoms with Crippen LogP contribution in [0.3, 0.4) is 0 Å². The minimum Gasteiger partial charge on any atom is -0.493 e.